The Bertz CT molecular complexity index is 1020. The van der Waals surface area contributed by atoms with Gasteiger partial charge in [0, 0.05) is 55.8 Å². The molecule has 244 valence electrons. The summed E-state index contributed by atoms with van der Waals surface area (Å²) in [6.07, 6.45) is -9.67. The quantitative estimate of drug-likeness (QED) is 0.205. The number of hydrogen-bond acceptors (Lipinski definition) is 17. The molecule has 0 amide bonds. The molecule has 0 N–H and O–H groups in total. The molecule has 0 unspecified atom stereocenters. The fourth-order valence-corrected chi connectivity index (χ4v) is 6.35. The summed E-state index contributed by atoms with van der Waals surface area (Å²) in [6.45, 7) is 6.19. The molecular weight excluding hydrogens is 600 g/mol. The van der Waals surface area contributed by atoms with E-state index in [9.17, 15) is 28.8 Å². The van der Waals surface area contributed by atoms with Crippen molar-refractivity contribution in [3.63, 3.8) is 0 Å². The lowest BCUT2D eigenvalue weighted by Gasteiger charge is -2.48. The summed E-state index contributed by atoms with van der Waals surface area (Å²) in [5, 5.41) is -2.09. The van der Waals surface area contributed by atoms with Crippen molar-refractivity contribution in [2.45, 2.75) is 101 Å². The lowest BCUT2D eigenvalue weighted by Crippen LogP contribution is -2.64. The molecule has 2 aliphatic rings. The van der Waals surface area contributed by atoms with Gasteiger partial charge in [-0.15, -0.1) is 11.8 Å². The Morgan fingerprint density at radius 1 is 0.512 bits per heavy atom. The highest BCUT2D eigenvalue weighted by molar-refractivity contribution is 8.00. The van der Waals surface area contributed by atoms with Crippen LogP contribution in [0.25, 0.3) is 0 Å². The molecule has 0 bridgehead atoms. The second-order valence-corrected chi connectivity index (χ2v) is 10.9. The fourth-order valence-electron chi connectivity index (χ4n) is 4.59. The van der Waals surface area contributed by atoms with E-state index >= 15 is 0 Å². The third kappa shape index (κ3) is 10.6. The van der Waals surface area contributed by atoms with E-state index in [1.165, 1.54) is 28.1 Å². The average molecular weight is 639 g/mol. The van der Waals surface area contributed by atoms with Crippen LogP contribution in [-0.4, -0.2) is 123 Å². The minimum atomic E-state index is -1.29. The lowest BCUT2D eigenvalue weighted by molar-refractivity contribution is -0.268. The second kappa shape index (κ2) is 16.7. The van der Waals surface area contributed by atoms with Crippen molar-refractivity contribution >= 4 is 47.6 Å². The number of carbonyl (C=O) groups is 6. The molecule has 0 radical (unpaired) electrons. The van der Waals surface area contributed by atoms with E-state index in [0.717, 1.165) is 39.5 Å². The van der Waals surface area contributed by atoms with E-state index in [1.54, 1.807) is 0 Å². The largest absolute Gasteiger partial charge is 0.463 e. The SMILES string of the molecule is CO[C@@H]1O[C@H](COC(C)=O)[C@@H](OC(C)=O)[C@@H](S[C@@H]2[C@H](OC)O[C@H](COC(C)=O)[C@@H](OC(C)=O)[C@@H]2OC(C)=O)[C@H]1OC(C)=O. The van der Waals surface area contributed by atoms with Crippen molar-refractivity contribution in [1.82, 2.24) is 0 Å². The minimum absolute atomic E-state index is 0.361. The molecule has 2 heterocycles. The molecule has 2 saturated heterocycles. The predicted molar refractivity (Wildman–Crippen MR) is 142 cm³/mol. The van der Waals surface area contributed by atoms with Gasteiger partial charge in [0.05, 0.1) is 10.5 Å². The van der Waals surface area contributed by atoms with Crippen LogP contribution in [0.4, 0.5) is 0 Å². The van der Waals surface area contributed by atoms with Gasteiger partial charge in [-0.25, -0.2) is 0 Å². The van der Waals surface area contributed by atoms with Gasteiger partial charge in [-0.2, -0.15) is 0 Å². The maximum atomic E-state index is 12.3. The smallest absolute Gasteiger partial charge is 0.303 e. The third-order valence-electron chi connectivity index (χ3n) is 6.07. The zero-order valence-electron chi connectivity index (χ0n) is 25.1. The monoisotopic (exact) mass is 638 g/mol. The van der Waals surface area contributed by atoms with Gasteiger partial charge in [-0.1, -0.05) is 0 Å². The predicted octanol–water partition coefficient (Wildman–Crippen LogP) is 0.0524. The Balaban J connectivity index is 2.65. The number of ether oxygens (including phenoxy) is 10. The Labute approximate surface area is 252 Å². The molecule has 0 aromatic rings. The summed E-state index contributed by atoms with van der Waals surface area (Å²) in [5.74, 6) is -4.23. The molecule has 0 saturated carbocycles. The summed E-state index contributed by atoms with van der Waals surface area (Å²) in [4.78, 5) is 72.0. The molecule has 2 rings (SSSR count). The Hall–Kier alpha value is -2.99. The highest BCUT2D eigenvalue weighted by Crippen LogP contribution is 2.42. The van der Waals surface area contributed by atoms with Crippen molar-refractivity contribution in [3.8, 4) is 0 Å². The topological polar surface area (TPSA) is 195 Å². The molecule has 0 aromatic heterocycles. The van der Waals surface area contributed by atoms with Gasteiger partial charge >= 0.3 is 35.8 Å². The van der Waals surface area contributed by atoms with E-state index in [4.69, 9.17) is 47.4 Å². The van der Waals surface area contributed by atoms with Crippen molar-refractivity contribution in [1.29, 1.82) is 0 Å². The Morgan fingerprint density at radius 3 is 1.35 bits per heavy atom. The molecule has 43 heavy (non-hydrogen) atoms. The van der Waals surface area contributed by atoms with E-state index in [1.807, 2.05) is 0 Å². The first-order chi connectivity index (χ1) is 20.2. The number of thioether (sulfide) groups is 1. The zero-order chi connectivity index (χ0) is 32.4. The standard InChI is InChI=1S/C26H38O16S/c1-11(27)35-9-17-19(37-13(3)29)21(39-15(5)31)24(26(34-8)42-17)43-23-20(38-14(4)30)18(10-36-12(2)28)41-25(33-7)22(23)40-16(6)32/h17-26H,9-10H2,1-8H3/t17-,18-,19-,20-,21+,22-,23-,24+,25-,26-/m1/s1. The van der Waals surface area contributed by atoms with Crippen LogP contribution in [0, 0.1) is 0 Å². The minimum Gasteiger partial charge on any atom is -0.463 e. The van der Waals surface area contributed by atoms with Crippen molar-refractivity contribution < 1.29 is 76.1 Å². The average Bonchev–Trinajstić information content (AvgIpc) is 2.89. The molecule has 2 fully saturated rings. The molecule has 0 spiro atoms. The second-order valence-electron chi connectivity index (χ2n) is 9.52. The molecule has 16 nitrogen and oxygen atoms in total. The molecular formula is C26H38O16S. The number of methoxy groups -OCH3 is 2. The highest BCUT2D eigenvalue weighted by Gasteiger charge is 2.57. The van der Waals surface area contributed by atoms with E-state index in [2.05, 4.69) is 0 Å². The number of esters is 6. The maximum absolute atomic E-state index is 12.3. The van der Waals surface area contributed by atoms with E-state index < -0.39 is 95.5 Å². The summed E-state index contributed by atoms with van der Waals surface area (Å²) in [5.41, 5.74) is 0. The Morgan fingerprint density at radius 2 is 0.907 bits per heavy atom. The molecule has 17 heteroatoms. The molecule has 2 aliphatic heterocycles. The van der Waals surface area contributed by atoms with Gasteiger partial charge in [0.2, 0.25) is 0 Å². The number of carbonyl (C=O) groups excluding carboxylic acids is 6. The summed E-state index contributed by atoms with van der Waals surface area (Å²) in [7, 11) is 2.59. The summed E-state index contributed by atoms with van der Waals surface area (Å²) in [6, 6.07) is 0. The summed E-state index contributed by atoms with van der Waals surface area (Å²) >= 11 is 0.958. The van der Waals surface area contributed by atoms with Gasteiger partial charge in [0.15, 0.2) is 30.9 Å². The van der Waals surface area contributed by atoms with Gasteiger partial charge < -0.3 is 47.4 Å². The van der Waals surface area contributed by atoms with Crippen molar-refractivity contribution in [2.75, 3.05) is 27.4 Å². The van der Waals surface area contributed by atoms with Gasteiger partial charge in [0.1, 0.15) is 31.5 Å². The van der Waals surface area contributed by atoms with Crippen LogP contribution in [0.2, 0.25) is 0 Å². The fraction of sp³-hybridized carbons (Fsp3) is 0.769. The van der Waals surface area contributed by atoms with Crippen LogP contribution >= 0.6 is 11.8 Å². The first-order valence-electron chi connectivity index (χ1n) is 13.2. The molecule has 0 aromatic carbocycles. The van der Waals surface area contributed by atoms with Crippen molar-refractivity contribution in [3.05, 3.63) is 0 Å². The van der Waals surface area contributed by atoms with E-state index in [0.29, 0.717) is 0 Å². The van der Waals surface area contributed by atoms with Crippen molar-refractivity contribution in [2.24, 2.45) is 0 Å². The zero-order valence-corrected chi connectivity index (χ0v) is 25.9. The van der Waals surface area contributed by atoms with Crippen LogP contribution in [0.5, 0.6) is 0 Å². The van der Waals surface area contributed by atoms with Crippen LogP contribution in [0.15, 0.2) is 0 Å². The number of rotatable bonds is 12. The molecule has 10 atom stereocenters. The van der Waals surface area contributed by atoms with Crippen LogP contribution in [-0.2, 0) is 76.1 Å². The Kier molecular flexibility index (Phi) is 14.1. The maximum Gasteiger partial charge on any atom is 0.303 e. The van der Waals surface area contributed by atoms with Gasteiger partial charge in [-0.05, 0) is 0 Å². The lowest BCUT2D eigenvalue weighted by atomic mass is 10.00. The van der Waals surface area contributed by atoms with Gasteiger partial charge in [-0.3, -0.25) is 28.8 Å². The number of hydrogen-bond donors (Lipinski definition) is 0. The normalized spacial score (nSPS) is 32.1. The van der Waals surface area contributed by atoms with Crippen LogP contribution in [0.3, 0.4) is 0 Å². The summed E-state index contributed by atoms with van der Waals surface area (Å²) < 4.78 is 55.4. The highest BCUT2D eigenvalue weighted by atomic mass is 32.2. The van der Waals surface area contributed by atoms with Crippen LogP contribution in [0.1, 0.15) is 41.5 Å². The van der Waals surface area contributed by atoms with Crippen LogP contribution < -0.4 is 0 Å². The van der Waals surface area contributed by atoms with Gasteiger partial charge in [0.25, 0.3) is 0 Å². The molecule has 0 aliphatic carbocycles. The first kappa shape index (κ1) is 36.2. The van der Waals surface area contributed by atoms with E-state index in [-0.39, 0.29) is 13.2 Å². The third-order valence-corrected chi connectivity index (χ3v) is 7.73. The first-order valence-corrected chi connectivity index (χ1v) is 14.1.